The van der Waals surface area contributed by atoms with Gasteiger partial charge in [0, 0.05) is 0 Å². The Hall–Kier alpha value is 0. The lowest BCUT2D eigenvalue weighted by Crippen LogP contribution is -2.26. The van der Waals surface area contributed by atoms with E-state index in [-0.39, 0.29) is 0 Å². The van der Waals surface area contributed by atoms with Gasteiger partial charge in [-0.05, 0) is 49.4 Å². The van der Waals surface area contributed by atoms with Gasteiger partial charge in [0.25, 0.3) is 0 Å². The summed E-state index contributed by atoms with van der Waals surface area (Å²) >= 11 is 0. The summed E-state index contributed by atoms with van der Waals surface area (Å²) in [6.07, 6.45) is 9.26. The highest BCUT2D eigenvalue weighted by Gasteiger charge is 2.43. The van der Waals surface area contributed by atoms with Crippen LogP contribution >= 0.6 is 0 Å². The Morgan fingerprint density at radius 1 is 1.08 bits per heavy atom. The molecule has 0 bridgehead atoms. The molecule has 0 aromatic heterocycles. The van der Waals surface area contributed by atoms with Gasteiger partial charge in [-0.25, -0.2) is 0 Å². The maximum absolute atomic E-state index is 2.39. The molecule has 1 atom stereocenters. The van der Waals surface area contributed by atoms with E-state index in [1.165, 1.54) is 12.8 Å². The molecule has 0 radical (unpaired) electrons. The average Bonchev–Trinajstić information content (AvgIpc) is 2.51. The van der Waals surface area contributed by atoms with Crippen molar-refractivity contribution < 1.29 is 0 Å². The fourth-order valence-electron chi connectivity index (χ4n) is 2.95. The molecule has 0 aromatic carbocycles. The van der Waals surface area contributed by atoms with Gasteiger partial charge in [-0.1, -0.05) is 34.1 Å². The van der Waals surface area contributed by atoms with Crippen molar-refractivity contribution >= 4 is 0 Å². The molecule has 0 heteroatoms. The van der Waals surface area contributed by atoms with E-state index in [9.17, 15) is 0 Å². The van der Waals surface area contributed by atoms with Gasteiger partial charge >= 0.3 is 0 Å². The van der Waals surface area contributed by atoms with Crippen LogP contribution in [0.5, 0.6) is 0 Å². The third-order valence-corrected chi connectivity index (χ3v) is 4.10. The first-order valence-corrected chi connectivity index (χ1v) is 6.22. The zero-order valence-electron chi connectivity index (χ0n) is 9.90. The van der Waals surface area contributed by atoms with Gasteiger partial charge in [-0.3, -0.25) is 0 Å². The summed E-state index contributed by atoms with van der Waals surface area (Å²) < 4.78 is 0. The summed E-state index contributed by atoms with van der Waals surface area (Å²) in [4.78, 5) is 0. The molecule has 1 spiro atoms. The lowest BCUT2D eigenvalue weighted by atomic mass is 9.67. The minimum atomic E-state index is 0.870. The molecule has 0 heterocycles. The van der Waals surface area contributed by atoms with E-state index >= 15 is 0 Å². The maximum atomic E-state index is 2.39. The molecule has 2 saturated carbocycles. The van der Waals surface area contributed by atoms with E-state index in [0.29, 0.717) is 0 Å². The third-order valence-electron chi connectivity index (χ3n) is 4.10. The molecule has 13 heavy (non-hydrogen) atoms. The second-order valence-electron chi connectivity index (χ2n) is 5.10. The molecule has 0 saturated heterocycles. The molecule has 1 unspecified atom stereocenters. The lowest BCUT2D eigenvalue weighted by Gasteiger charge is -2.38. The van der Waals surface area contributed by atoms with E-state index in [4.69, 9.17) is 0 Å². The molecule has 0 amide bonds. The molecule has 0 nitrogen and oxygen atoms in total. The van der Waals surface area contributed by atoms with Gasteiger partial charge in [-0.15, -0.1) is 0 Å². The lowest BCUT2D eigenvalue weighted by molar-refractivity contribution is 0.132. The molecule has 0 aliphatic heterocycles. The highest BCUT2D eigenvalue weighted by Crippen LogP contribution is 2.56. The van der Waals surface area contributed by atoms with Gasteiger partial charge in [0.15, 0.2) is 0 Å². The van der Waals surface area contributed by atoms with Gasteiger partial charge < -0.3 is 0 Å². The highest BCUT2D eigenvalue weighted by molar-refractivity contribution is 4.95. The first-order chi connectivity index (χ1) is 6.22. The van der Waals surface area contributed by atoms with Crippen molar-refractivity contribution in [2.75, 3.05) is 0 Å². The maximum Gasteiger partial charge on any atom is -0.0295 e. The Morgan fingerprint density at radius 2 is 1.69 bits per heavy atom. The van der Waals surface area contributed by atoms with Crippen molar-refractivity contribution in [2.45, 2.75) is 66.2 Å². The smallest absolute Gasteiger partial charge is 0.0295 e. The van der Waals surface area contributed by atoms with E-state index < -0.39 is 0 Å². The molecular weight excluding hydrogens is 156 g/mol. The van der Waals surface area contributed by atoms with E-state index in [2.05, 4.69) is 13.8 Å². The van der Waals surface area contributed by atoms with E-state index in [0.717, 1.165) is 17.3 Å². The zero-order valence-corrected chi connectivity index (χ0v) is 9.90. The van der Waals surface area contributed by atoms with Crippen LogP contribution in [0.3, 0.4) is 0 Å². The average molecular weight is 182 g/mol. The van der Waals surface area contributed by atoms with Gasteiger partial charge in [0.1, 0.15) is 0 Å². The molecule has 2 fully saturated rings. The first kappa shape index (κ1) is 11.1. The monoisotopic (exact) mass is 182 g/mol. The minimum Gasteiger partial charge on any atom is -0.0683 e. The molecule has 2 rings (SSSR count). The molecule has 0 N–H and O–H groups in total. The predicted molar refractivity (Wildman–Crippen MR) is 59.8 cm³/mol. The topological polar surface area (TPSA) is 0 Å². The summed E-state index contributed by atoms with van der Waals surface area (Å²) in [5.74, 6) is 2.00. The SMILES string of the molecule is CC.CC(C)C1CCC2(CCC2)C1. The largest absolute Gasteiger partial charge is 0.0683 e. The standard InChI is InChI=1S/C11H20.C2H6/c1-9(2)10-4-7-11(8-10)5-3-6-11;1-2/h9-10H,3-8H2,1-2H3;1-2H3. The summed E-state index contributed by atoms with van der Waals surface area (Å²) in [7, 11) is 0. The predicted octanol–water partition coefficient (Wildman–Crippen LogP) is 4.64. The normalized spacial score (nSPS) is 29.8. The van der Waals surface area contributed by atoms with Crippen molar-refractivity contribution in [3.63, 3.8) is 0 Å². The fraction of sp³-hybridized carbons (Fsp3) is 1.00. The fourth-order valence-corrected chi connectivity index (χ4v) is 2.95. The minimum absolute atomic E-state index is 0.870. The summed E-state index contributed by atoms with van der Waals surface area (Å²) in [6.45, 7) is 8.78. The van der Waals surface area contributed by atoms with Crippen LogP contribution in [0.25, 0.3) is 0 Å². The summed E-state index contributed by atoms with van der Waals surface area (Å²) in [5.41, 5.74) is 0.870. The second kappa shape index (κ2) is 4.48. The van der Waals surface area contributed by atoms with Crippen LogP contribution in [0.1, 0.15) is 66.2 Å². The van der Waals surface area contributed by atoms with Gasteiger partial charge in [0.05, 0.1) is 0 Å². The first-order valence-electron chi connectivity index (χ1n) is 6.22. The van der Waals surface area contributed by atoms with Crippen LogP contribution < -0.4 is 0 Å². The number of hydrogen-bond donors (Lipinski definition) is 0. The molecule has 2 aliphatic carbocycles. The Balaban J connectivity index is 0.000000396. The highest BCUT2D eigenvalue weighted by atomic mass is 14.5. The number of rotatable bonds is 1. The van der Waals surface area contributed by atoms with Gasteiger partial charge in [-0.2, -0.15) is 0 Å². The molecule has 78 valence electrons. The van der Waals surface area contributed by atoms with Crippen LogP contribution in [-0.4, -0.2) is 0 Å². The molecule has 0 aromatic rings. The van der Waals surface area contributed by atoms with Crippen LogP contribution in [-0.2, 0) is 0 Å². The van der Waals surface area contributed by atoms with Crippen molar-refractivity contribution in [3.8, 4) is 0 Å². The number of hydrogen-bond acceptors (Lipinski definition) is 0. The zero-order chi connectivity index (χ0) is 9.90. The Morgan fingerprint density at radius 3 is 1.92 bits per heavy atom. The second-order valence-corrected chi connectivity index (χ2v) is 5.10. The summed E-state index contributed by atoms with van der Waals surface area (Å²) in [6, 6.07) is 0. The summed E-state index contributed by atoms with van der Waals surface area (Å²) in [5, 5.41) is 0. The van der Waals surface area contributed by atoms with Crippen LogP contribution in [0.15, 0.2) is 0 Å². The van der Waals surface area contributed by atoms with Gasteiger partial charge in [0.2, 0.25) is 0 Å². The van der Waals surface area contributed by atoms with Crippen molar-refractivity contribution in [2.24, 2.45) is 17.3 Å². The van der Waals surface area contributed by atoms with Crippen LogP contribution in [0.4, 0.5) is 0 Å². The molecule has 2 aliphatic rings. The van der Waals surface area contributed by atoms with Crippen LogP contribution in [0, 0.1) is 17.3 Å². The van der Waals surface area contributed by atoms with E-state index in [1.807, 2.05) is 13.8 Å². The molecular formula is C13H26. The van der Waals surface area contributed by atoms with Crippen molar-refractivity contribution in [3.05, 3.63) is 0 Å². The van der Waals surface area contributed by atoms with Crippen molar-refractivity contribution in [1.82, 2.24) is 0 Å². The van der Waals surface area contributed by atoms with Crippen molar-refractivity contribution in [1.29, 1.82) is 0 Å². The Kier molecular flexibility index (Phi) is 3.82. The third kappa shape index (κ3) is 2.27. The van der Waals surface area contributed by atoms with Crippen LogP contribution in [0.2, 0.25) is 0 Å². The van der Waals surface area contributed by atoms with E-state index in [1.54, 1.807) is 25.7 Å². The quantitative estimate of drug-likeness (QED) is 0.554. The Bertz CT molecular complexity index is 142. The Labute approximate surface area is 84.1 Å².